The second-order valence-corrected chi connectivity index (χ2v) is 5.90. The highest BCUT2D eigenvalue weighted by molar-refractivity contribution is 5.28. The van der Waals surface area contributed by atoms with E-state index in [0.717, 1.165) is 31.2 Å². The molecule has 0 amide bonds. The molecule has 1 aliphatic rings. The van der Waals surface area contributed by atoms with Crippen LogP contribution in [0, 0.1) is 12.8 Å². The number of nitrogens with one attached hydrogen (secondary N) is 1. The molecule has 1 N–H and O–H groups in total. The van der Waals surface area contributed by atoms with Gasteiger partial charge in [-0.1, -0.05) is 13.8 Å². The highest BCUT2D eigenvalue weighted by Crippen LogP contribution is 2.15. The van der Waals surface area contributed by atoms with E-state index in [4.69, 9.17) is 0 Å². The molecule has 108 valence electrons. The largest absolute Gasteiger partial charge is 0.356 e. The number of imidazole rings is 1. The molecule has 1 aromatic rings. The maximum atomic E-state index is 4.57. The molecule has 0 aliphatic carbocycles. The molecule has 0 radical (unpaired) electrons. The molecule has 4 heteroatoms. The van der Waals surface area contributed by atoms with Crippen LogP contribution in [-0.4, -0.2) is 40.6 Å². The fourth-order valence-corrected chi connectivity index (χ4v) is 2.86. The van der Waals surface area contributed by atoms with E-state index in [1.54, 1.807) is 0 Å². The molecule has 0 spiro atoms. The van der Waals surface area contributed by atoms with Gasteiger partial charge in [0, 0.05) is 25.8 Å². The molecule has 19 heavy (non-hydrogen) atoms. The second-order valence-electron chi connectivity index (χ2n) is 5.90. The third-order valence-corrected chi connectivity index (χ3v) is 3.71. The van der Waals surface area contributed by atoms with Crippen molar-refractivity contribution in [1.82, 2.24) is 14.5 Å². The molecule has 1 unspecified atom stereocenters. The van der Waals surface area contributed by atoms with Crippen LogP contribution >= 0.6 is 0 Å². The molecule has 1 fully saturated rings. The standard InChI is InChI=1S/C15H28N4/c1-4-7-16-15-17-14(3)12-19(15)11-13(2)10-18-8-5-6-9-18/h12-13H,4-11H2,1-3H3,(H,16,17). The lowest BCUT2D eigenvalue weighted by atomic mass is 10.1. The number of aromatic nitrogens is 2. The van der Waals surface area contributed by atoms with Gasteiger partial charge in [-0.2, -0.15) is 0 Å². The van der Waals surface area contributed by atoms with Gasteiger partial charge in [-0.05, 0) is 45.2 Å². The number of hydrogen-bond acceptors (Lipinski definition) is 3. The molecular weight excluding hydrogens is 236 g/mol. The van der Waals surface area contributed by atoms with E-state index in [0.29, 0.717) is 5.92 Å². The van der Waals surface area contributed by atoms with Crippen molar-refractivity contribution in [3.63, 3.8) is 0 Å². The zero-order valence-electron chi connectivity index (χ0n) is 12.7. The van der Waals surface area contributed by atoms with E-state index in [1.807, 2.05) is 0 Å². The Kier molecular flexibility index (Phi) is 5.25. The first-order valence-corrected chi connectivity index (χ1v) is 7.69. The van der Waals surface area contributed by atoms with E-state index < -0.39 is 0 Å². The number of nitrogens with zero attached hydrogens (tertiary/aromatic N) is 3. The van der Waals surface area contributed by atoms with Crippen LogP contribution in [-0.2, 0) is 6.54 Å². The van der Waals surface area contributed by atoms with Gasteiger partial charge in [-0.15, -0.1) is 0 Å². The third-order valence-electron chi connectivity index (χ3n) is 3.71. The predicted molar refractivity (Wildman–Crippen MR) is 80.6 cm³/mol. The molecule has 1 aliphatic heterocycles. The Hall–Kier alpha value is -1.03. The SMILES string of the molecule is CCCNc1nc(C)cn1CC(C)CN1CCCC1. The molecule has 1 atom stereocenters. The van der Waals surface area contributed by atoms with Crippen LogP contribution in [0.4, 0.5) is 5.95 Å². The zero-order chi connectivity index (χ0) is 13.7. The Labute approximate surface area is 117 Å². The highest BCUT2D eigenvalue weighted by atomic mass is 15.2. The summed E-state index contributed by atoms with van der Waals surface area (Å²) in [4.78, 5) is 7.16. The minimum Gasteiger partial charge on any atom is -0.356 e. The topological polar surface area (TPSA) is 33.1 Å². The zero-order valence-corrected chi connectivity index (χ0v) is 12.7. The van der Waals surface area contributed by atoms with Gasteiger partial charge in [0.1, 0.15) is 0 Å². The van der Waals surface area contributed by atoms with E-state index >= 15 is 0 Å². The van der Waals surface area contributed by atoms with Gasteiger partial charge < -0.3 is 14.8 Å². The number of rotatable bonds is 7. The summed E-state index contributed by atoms with van der Waals surface area (Å²) in [7, 11) is 0. The average Bonchev–Trinajstić information content (AvgIpc) is 2.97. The maximum absolute atomic E-state index is 4.57. The fourth-order valence-electron chi connectivity index (χ4n) is 2.86. The van der Waals surface area contributed by atoms with Crippen LogP contribution in [0.3, 0.4) is 0 Å². The van der Waals surface area contributed by atoms with Crippen LogP contribution in [0.25, 0.3) is 0 Å². The van der Waals surface area contributed by atoms with Gasteiger partial charge in [-0.25, -0.2) is 4.98 Å². The Bertz CT molecular complexity index is 379. The first kappa shape index (κ1) is 14.4. The van der Waals surface area contributed by atoms with Gasteiger partial charge >= 0.3 is 0 Å². The molecule has 4 nitrogen and oxygen atoms in total. The first-order valence-electron chi connectivity index (χ1n) is 7.69. The van der Waals surface area contributed by atoms with Gasteiger partial charge in [0.05, 0.1) is 5.69 Å². The normalized spacial score (nSPS) is 17.8. The number of aryl methyl sites for hydroxylation is 1. The van der Waals surface area contributed by atoms with Crippen molar-refractivity contribution >= 4 is 5.95 Å². The molecule has 1 aromatic heterocycles. The lowest BCUT2D eigenvalue weighted by Crippen LogP contribution is -2.27. The van der Waals surface area contributed by atoms with Crippen molar-refractivity contribution in [2.24, 2.45) is 5.92 Å². The highest BCUT2D eigenvalue weighted by Gasteiger charge is 2.16. The third kappa shape index (κ3) is 4.23. The van der Waals surface area contributed by atoms with Crippen molar-refractivity contribution in [2.75, 3.05) is 31.5 Å². The summed E-state index contributed by atoms with van der Waals surface area (Å²) >= 11 is 0. The molecule has 1 saturated heterocycles. The van der Waals surface area contributed by atoms with Gasteiger partial charge in [0.2, 0.25) is 5.95 Å². The van der Waals surface area contributed by atoms with Crippen LogP contribution < -0.4 is 5.32 Å². The van der Waals surface area contributed by atoms with E-state index in [9.17, 15) is 0 Å². The van der Waals surface area contributed by atoms with Crippen molar-refractivity contribution < 1.29 is 0 Å². The summed E-state index contributed by atoms with van der Waals surface area (Å²) in [6, 6.07) is 0. The Morgan fingerprint density at radius 3 is 2.74 bits per heavy atom. The number of anilines is 1. The van der Waals surface area contributed by atoms with E-state index in [2.05, 4.69) is 46.7 Å². The Morgan fingerprint density at radius 2 is 2.05 bits per heavy atom. The number of likely N-dealkylation sites (tertiary alicyclic amines) is 1. The van der Waals surface area contributed by atoms with Gasteiger partial charge in [0.25, 0.3) is 0 Å². The van der Waals surface area contributed by atoms with E-state index in [1.165, 1.54) is 32.5 Å². The molecule has 0 bridgehead atoms. The minimum absolute atomic E-state index is 0.675. The van der Waals surface area contributed by atoms with Crippen LogP contribution in [0.5, 0.6) is 0 Å². The minimum atomic E-state index is 0.675. The van der Waals surface area contributed by atoms with E-state index in [-0.39, 0.29) is 0 Å². The van der Waals surface area contributed by atoms with Crippen molar-refractivity contribution in [3.8, 4) is 0 Å². The summed E-state index contributed by atoms with van der Waals surface area (Å²) in [5, 5.41) is 3.42. The second kappa shape index (κ2) is 6.94. The molecule has 2 heterocycles. The monoisotopic (exact) mass is 264 g/mol. The summed E-state index contributed by atoms with van der Waals surface area (Å²) in [6.45, 7) is 12.4. The Morgan fingerprint density at radius 1 is 1.32 bits per heavy atom. The lowest BCUT2D eigenvalue weighted by Gasteiger charge is -2.21. The lowest BCUT2D eigenvalue weighted by molar-refractivity contribution is 0.272. The summed E-state index contributed by atoms with van der Waals surface area (Å²) in [5.74, 6) is 1.71. The van der Waals surface area contributed by atoms with Crippen LogP contribution in [0.15, 0.2) is 6.20 Å². The summed E-state index contributed by atoms with van der Waals surface area (Å²) in [5.41, 5.74) is 1.10. The Balaban J connectivity index is 1.89. The van der Waals surface area contributed by atoms with Crippen LogP contribution in [0.1, 0.15) is 38.8 Å². The molecule has 0 saturated carbocycles. The van der Waals surface area contributed by atoms with Crippen molar-refractivity contribution in [3.05, 3.63) is 11.9 Å². The number of hydrogen-bond donors (Lipinski definition) is 1. The van der Waals surface area contributed by atoms with Gasteiger partial charge in [0.15, 0.2) is 0 Å². The maximum Gasteiger partial charge on any atom is 0.203 e. The molecule has 2 rings (SSSR count). The predicted octanol–water partition coefficient (Wildman–Crippen LogP) is 2.75. The molecular formula is C15H28N4. The van der Waals surface area contributed by atoms with Gasteiger partial charge in [-0.3, -0.25) is 0 Å². The quantitative estimate of drug-likeness (QED) is 0.822. The average molecular weight is 264 g/mol. The van der Waals surface area contributed by atoms with Crippen molar-refractivity contribution in [2.45, 2.75) is 46.6 Å². The summed E-state index contributed by atoms with van der Waals surface area (Å²) in [6.07, 6.45) is 6.05. The smallest absolute Gasteiger partial charge is 0.203 e. The first-order chi connectivity index (χ1) is 9.19. The van der Waals surface area contributed by atoms with Crippen molar-refractivity contribution in [1.29, 1.82) is 0 Å². The van der Waals surface area contributed by atoms with Crippen LogP contribution in [0.2, 0.25) is 0 Å². The fraction of sp³-hybridized carbons (Fsp3) is 0.800. The summed E-state index contributed by atoms with van der Waals surface area (Å²) < 4.78 is 2.28. The molecule has 0 aromatic carbocycles.